The zero-order chi connectivity index (χ0) is 33.5. The van der Waals surface area contributed by atoms with Crippen molar-refractivity contribution in [3.63, 3.8) is 0 Å². The Labute approximate surface area is 329 Å². The van der Waals surface area contributed by atoms with Crippen molar-refractivity contribution < 1.29 is 48.1 Å². The van der Waals surface area contributed by atoms with Crippen molar-refractivity contribution in [2.75, 3.05) is 0 Å². The van der Waals surface area contributed by atoms with Crippen LogP contribution in [0.3, 0.4) is 0 Å². The summed E-state index contributed by atoms with van der Waals surface area (Å²) in [5.74, 6) is 1.83. The van der Waals surface area contributed by atoms with Crippen molar-refractivity contribution in [3.8, 4) is 22.3 Å². The van der Waals surface area contributed by atoms with Gasteiger partial charge < -0.3 is 24.8 Å². The molecular formula is C46H52Cl2SiZr-2. The van der Waals surface area contributed by atoms with Crippen LogP contribution in [0.5, 0.6) is 0 Å². The first-order chi connectivity index (χ1) is 23.3. The predicted molar refractivity (Wildman–Crippen MR) is 208 cm³/mol. The van der Waals surface area contributed by atoms with E-state index in [2.05, 4.69) is 136 Å². The van der Waals surface area contributed by atoms with Gasteiger partial charge in [0.15, 0.2) is 0 Å². The maximum absolute atomic E-state index is 2.43. The van der Waals surface area contributed by atoms with Gasteiger partial charge in [0.2, 0.25) is 0 Å². The fourth-order valence-electron chi connectivity index (χ4n) is 7.89. The molecule has 0 aliphatic heterocycles. The van der Waals surface area contributed by atoms with E-state index in [1.165, 1.54) is 130 Å². The smallest absolute Gasteiger partial charge is 0.0279 e. The number of halogens is 2. The molecule has 8 rings (SSSR count). The average molecular weight is 795 g/mol. The molecular weight excluding hydrogens is 743 g/mol. The third-order valence-electron chi connectivity index (χ3n) is 10.3. The molecule has 50 heavy (non-hydrogen) atoms. The molecule has 260 valence electrons. The van der Waals surface area contributed by atoms with Crippen molar-refractivity contribution in [2.24, 2.45) is 11.8 Å². The quantitative estimate of drug-likeness (QED) is 0.123. The molecule has 2 fully saturated rings. The van der Waals surface area contributed by atoms with Gasteiger partial charge in [-0.15, -0.1) is 69.1 Å². The minimum absolute atomic E-state index is 0. The Kier molecular flexibility index (Phi) is 15.9. The summed E-state index contributed by atoms with van der Waals surface area (Å²) in [5, 5.41) is 5.62. The van der Waals surface area contributed by atoms with E-state index in [4.69, 9.17) is 0 Å². The summed E-state index contributed by atoms with van der Waals surface area (Å²) >= 11 is 1.74. The van der Waals surface area contributed by atoms with Gasteiger partial charge in [-0.2, -0.15) is 12.1 Å². The summed E-state index contributed by atoms with van der Waals surface area (Å²) in [7, 11) is 0. The normalized spacial score (nSPS) is 14.4. The fourth-order valence-corrected chi connectivity index (χ4v) is 7.89. The van der Waals surface area contributed by atoms with Gasteiger partial charge in [-0.3, -0.25) is 0 Å². The summed E-state index contributed by atoms with van der Waals surface area (Å²) < 4.78 is 0. The van der Waals surface area contributed by atoms with Crippen LogP contribution in [-0.2, 0) is 36.2 Å². The first-order valence-corrected chi connectivity index (χ1v) is 24.5. The van der Waals surface area contributed by atoms with E-state index in [0.29, 0.717) is 0 Å². The first-order valence-electron chi connectivity index (χ1n) is 18.3. The van der Waals surface area contributed by atoms with Gasteiger partial charge >= 0.3 is 41.9 Å². The van der Waals surface area contributed by atoms with Gasteiger partial charge in [-0.05, 0) is 49.7 Å². The Morgan fingerprint density at radius 1 is 0.560 bits per heavy atom. The van der Waals surface area contributed by atoms with Gasteiger partial charge in [0, 0.05) is 0 Å². The van der Waals surface area contributed by atoms with Gasteiger partial charge in [-0.25, -0.2) is 0 Å². The molecule has 2 aliphatic rings. The van der Waals surface area contributed by atoms with E-state index >= 15 is 0 Å². The third-order valence-corrected chi connectivity index (χ3v) is 10.3. The number of hydrogen-bond acceptors (Lipinski definition) is 0. The average Bonchev–Trinajstić information content (AvgIpc) is 3.90. The molecule has 2 aliphatic carbocycles. The Hall–Kier alpha value is -2.22. The molecule has 0 unspecified atom stereocenters. The Bertz CT molecular complexity index is 1790. The molecule has 0 nitrogen and oxygen atoms in total. The Balaban J connectivity index is 0.000000196. The number of fused-ring (bicyclic) bond motifs is 2. The monoisotopic (exact) mass is 792 g/mol. The molecule has 6 aromatic carbocycles. The standard InChI is InChI=1S/2C22H23.C2H6Si.2ClH.Zr/c2*1-16-9-11-19(12-10-16)21-8-4-7-20-14-18(15-22(20)21)13-17-5-2-3-6-17;1-3-2;;;/h2*4,7-12,14-15,17H,2-3,5-6,13H2,1H3;1-2H3;2*1H;/q2*-1;;;;+2/p-2. The van der Waals surface area contributed by atoms with E-state index in [-0.39, 0.29) is 30.2 Å². The molecule has 0 radical (unpaired) electrons. The summed E-state index contributed by atoms with van der Waals surface area (Å²) in [4.78, 5) is 0. The van der Waals surface area contributed by atoms with Crippen molar-refractivity contribution in [2.45, 2.75) is 91.1 Å². The van der Waals surface area contributed by atoms with E-state index in [0.717, 1.165) is 11.8 Å². The van der Waals surface area contributed by atoms with Gasteiger partial charge in [0.05, 0.1) is 0 Å². The number of aryl methyl sites for hydroxylation is 2. The Morgan fingerprint density at radius 2 is 0.900 bits per heavy atom. The second-order valence-electron chi connectivity index (χ2n) is 14.8. The molecule has 2 saturated carbocycles. The van der Waals surface area contributed by atoms with Crippen molar-refractivity contribution in [3.05, 3.63) is 131 Å². The number of rotatable bonds is 6. The molecule has 0 heterocycles. The molecule has 4 heteroatoms. The summed E-state index contributed by atoms with van der Waals surface area (Å²) in [5.41, 5.74) is 11.3. The van der Waals surface area contributed by atoms with Crippen LogP contribution in [0.25, 0.3) is 43.8 Å². The van der Waals surface area contributed by atoms with Crippen LogP contribution in [0.1, 0.15) is 73.6 Å². The minimum Gasteiger partial charge on any atom is -1.00 e. The van der Waals surface area contributed by atoms with E-state index in [1.807, 2.05) is 0 Å². The minimum atomic E-state index is 0. The third kappa shape index (κ3) is 10.9. The second-order valence-corrected chi connectivity index (χ2v) is 24.2. The topological polar surface area (TPSA) is 0 Å². The molecule has 0 N–H and O–H groups in total. The van der Waals surface area contributed by atoms with Crippen molar-refractivity contribution in [1.82, 2.24) is 0 Å². The van der Waals surface area contributed by atoms with Crippen molar-refractivity contribution in [1.29, 1.82) is 0 Å². The number of benzene rings is 4. The summed E-state index contributed by atoms with van der Waals surface area (Å²) in [6.45, 7) is 8.91. The molecule has 0 spiro atoms. The first kappa shape index (κ1) is 40.5. The van der Waals surface area contributed by atoms with Gasteiger partial charge in [-0.1, -0.05) is 134 Å². The van der Waals surface area contributed by atoms with Crippen LogP contribution in [-0.4, -0.2) is 5.43 Å². The van der Waals surface area contributed by atoms with Crippen LogP contribution < -0.4 is 24.8 Å². The molecule has 0 aromatic heterocycles. The van der Waals surface area contributed by atoms with Crippen LogP contribution in [0.4, 0.5) is 0 Å². The maximum Gasteiger partial charge on any atom is -0.0279 e. The molecule has 0 bridgehead atoms. The van der Waals surface area contributed by atoms with E-state index < -0.39 is 0 Å². The van der Waals surface area contributed by atoms with Gasteiger partial charge in [0.25, 0.3) is 0 Å². The Morgan fingerprint density at radius 3 is 1.24 bits per heavy atom. The zero-order valence-electron chi connectivity index (χ0n) is 30.4. The largest absolute Gasteiger partial charge is 1.00 e. The van der Waals surface area contributed by atoms with Crippen LogP contribution in [0.2, 0.25) is 13.1 Å². The van der Waals surface area contributed by atoms with Crippen LogP contribution >= 0.6 is 0 Å². The zero-order valence-corrected chi connectivity index (χ0v) is 35.3. The molecule has 0 saturated heterocycles. The summed E-state index contributed by atoms with van der Waals surface area (Å²) in [6.07, 6.45) is 13.9. The van der Waals surface area contributed by atoms with Crippen molar-refractivity contribution >= 4 is 27.0 Å². The molecule has 0 atom stereocenters. The summed E-state index contributed by atoms with van der Waals surface area (Å²) in [6, 6.07) is 40.9. The molecule has 0 amide bonds. The van der Waals surface area contributed by atoms with Crippen LogP contribution in [0.15, 0.2) is 109 Å². The van der Waals surface area contributed by atoms with E-state index in [9.17, 15) is 0 Å². The maximum atomic E-state index is 2.43. The van der Waals surface area contributed by atoms with Gasteiger partial charge in [0.1, 0.15) is 0 Å². The fraction of sp³-hybridized carbons (Fsp3) is 0.348. The SMILES string of the molecule is C[Si](C)=[Zr+2].Cc1ccc(-c2cccc3[cH-]c(CC4CCCC4)cc23)cc1.Cc1ccc(-c2cccc3[cH-]c(CC4CCCC4)cc23)cc1.[Cl-].[Cl-]. The molecule has 6 aromatic rings. The predicted octanol–water partition coefficient (Wildman–Crippen LogP) is 7.33. The number of hydrogen-bond donors (Lipinski definition) is 0. The van der Waals surface area contributed by atoms with Crippen LogP contribution in [0, 0.1) is 25.7 Å². The van der Waals surface area contributed by atoms with E-state index in [1.54, 1.807) is 23.3 Å². The second kappa shape index (κ2) is 19.6.